The SMILES string of the molecule is Cc1csc(CC(=O)C2CC2C)n1. The molecule has 0 spiro atoms. The highest BCUT2D eigenvalue weighted by Gasteiger charge is 2.38. The number of nitrogens with zero attached hydrogens (tertiary/aromatic N) is 1. The Labute approximate surface area is 82.0 Å². The lowest BCUT2D eigenvalue weighted by Gasteiger charge is -1.93. The molecule has 1 aromatic heterocycles. The van der Waals surface area contributed by atoms with Crippen LogP contribution in [0.15, 0.2) is 5.38 Å². The fraction of sp³-hybridized carbons (Fsp3) is 0.600. The normalized spacial score (nSPS) is 26.0. The molecule has 0 aliphatic heterocycles. The van der Waals surface area contributed by atoms with Gasteiger partial charge in [-0.05, 0) is 19.3 Å². The Morgan fingerprint density at radius 1 is 1.77 bits per heavy atom. The van der Waals surface area contributed by atoms with Crippen molar-refractivity contribution < 1.29 is 4.79 Å². The van der Waals surface area contributed by atoms with Gasteiger partial charge in [-0.25, -0.2) is 4.98 Å². The van der Waals surface area contributed by atoms with E-state index in [1.165, 1.54) is 0 Å². The van der Waals surface area contributed by atoms with Crippen LogP contribution in [-0.4, -0.2) is 10.8 Å². The number of ketones is 1. The first-order valence-electron chi connectivity index (χ1n) is 4.60. The van der Waals surface area contributed by atoms with Crippen molar-refractivity contribution in [3.8, 4) is 0 Å². The van der Waals surface area contributed by atoms with Gasteiger partial charge >= 0.3 is 0 Å². The summed E-state index contributed by atoms with van der Waals surface area (Å²) in [5, 5.41) is 2.97. The van der Waals surface area contributed by atoms with Crippen molar-refractivity contribution in [3.05, 3.63) is 16.1 Å². The van der Waals surface area contributed by atoms with Crippen LogP contribution in [0.2, 0.25) is 0 Å². The number of Topliss-reactive ketones (excluding diaryl/α,β-unsaturated/α-hetero) is 1. The number of rotatable bonds is 3. The molecule has 3 heteroatoms. The first-order chi connectivity index (χ1) is 6.16. The lowest BCUT2D eigenvalue weighted by atomic mass is 10.2. The molecule has 0 bridgehead atoms. The molecule has 2 unspecified atom stereocenters. The maximum Gasteiger partial charge on any atom is 0.143 e. The van der Waals surface area contributed by atoms with Crippen LogP contribution in [0.5, 0.6) is 0 Å². The van der Waals surface area contributed by atoms with Crippen LogP contribution in [0.1, 0.15) is 24.0 Å². The molecule has 1 aliphatic carbocycles. The molecular formula is C10H13NOS. The van der Waals surface area contributed by atoms with Crippen molar-refractivity contribution in [2.75, 3.05) is 0 Å². The van der Waals surface area contributed by atoms with Crippen LogP contribution in [0.25, 0.3) is 0 Å². The van der Waals surface area contributed by atoms with Crippen molar-refractivity contribution in [3.63, 3.8) is 0 Å². The third-order valence-electron chi connectivity index (χ3n) is 2.52. The molecule has 1 aliphatic rings. The summed E-state index contributed by atoms with van der Waals surface area (Å²) >= 11 is 1.59. The number of thiazole rings is 1. The molecule has 0 aromatic carbocycles. The molecule has 0 saturated heterocycles. The molecule has 0 amide bonds. The van der Waals surface area contributed by atoms with E-state index in [1.807, 2.05) is 12.3 Å². The predicted octanol–water partition coefficient (Wildman–Crippen LogP) is 2.22. The van der Waals surface area contributed by atoms with Gasteiger partial charge in [-0.2, -0.15) is 0 Å². The summed E-state index contributed by atoms with van der Waals surface area (Å²) in [6.45, 7) is 4.10. The zero-order chi connectivity index (χ0) is 9.42. The van der Waals surface area contributed by atoms with Crippen LogP contribution < -0.4 is 0 Å². The van der Waals surface area contributed by atoms with Crippen LogP contribution in [0.4, 0.5) is 0 Å². The van der Waals surface area contributed by atoms with Crippen LogP contribution in [-0.2, 0) is 11.2 Å². The zero-order valence-corrected chi connectivity index (χ0v) is 8.73. The summed E-state index contributed by atoms with van der Waals surface area (Å²) in [5.74, 6) is 1.33. The van der Waals surface area contributed by atoms with E-state index in [4.69, 9.17) is 0 Å². The fourth-order valence-corrected chi connectivity index (χ4v) is 2.32. The zero-order valence-electron chi connectivity index (χ0n) is 7.91. The number of carbonyl (C=O) groups excluding carboxylic acids is 1. The third kappa shape index (κ3) is 1.97. The molecule has 1 saturated carbocycles. The van der Waals surface area contributed by atoms with Gasteiger partial charge in [0.25, 0.3) is 0 Å². The van der Waals surface area contributed by atoms with E-state index < -0.39 is 0 Å². The Bertz CT molecular complexity index is 331. The first-order valence-corrected chi connectivity index (χ1v) is 5.48. The predicted molar refractivity (Wildman–Crippen MR) is 52.8 cm³/mol. The van der Waals surface area contributed by atoms with E-state index >= 15 is 0 Å². The molecule has 2 nitrogen and oxygen atoms in total. The van der Waals surface area contributed by atoms with Gasteiger partial charge in [-0.3, -0.25) is 4.79 Å². The number of hydrogen-bond acceptors (Lipinski definition) is 3. The highest BCUT2D eigenvalue weighted by Crippen LogP contribution is 2.39. The molecule has 1 fully saturated rings. The van der Waals surface area contributed by atoms with Gasteiger partial charge in [0.05, 0.1) is 6.42 Å². The Morgan fingerprint density at radius 3 is 2.92 bits per heavy atom. The summed E-state index contributed by atoms with van der Waals surface area (Å²) in [5.41, 5.74) is 1.02. The summed E-state index contributed by atoms with van der Waals surface area (Å²) in [7, 11) is 0. The lowest BCUT2D eigenvalue weighted by Crippen LogP contribution is -2.05. The van der Waals surface area contributed by atoms with Crippen LogP contribution in [0.3, 0.4) is 0 Å². The Morgan fingerprint density at radius 2 is 2.46 bits per heavy atom. The molecule has 2 atom stereocenters. The molecule has 0 N–H and O–H groups in total. The summed E-state index contributed by atoms with van der Waals surface area (Å²) in [6, 6.07) is 0. The van der Waals surface area contributed by atoms with Gasteiger partial charge in [0, 0.05) is 17.0 Å². The average molecular weight is 195 g/mol. The fourth-order valence-electron chi connectivity index (χ4n) is 1.53. The Kier molecular flexibility index (Phi) is 2.20. The minimum absolute atomic E-state index is 0.337. The largest absolute Gasteiger partial charge is 0.299 e. The molecule has 13 heavy (non-hydrogen) atoms. The van der Waals surface area contributed by atoms with E-state index in [0.717, 1.165) is 17.1 Å². The smallest absolute Gasteiger partial charge is 0.143 e. The second kappa shape index (κ2) is 3.22. The highest BCUT2D eigenvalue weighted by molar-refractivity contribution is 7.09. The number of aromatic nitrogens is 1. The van der Waals surface area contributed by atoms with E-state index in [1.54, 1.807) is 11.3 Å². The molecule has 0 radical (unpaired) electrons. The standard InChI is InChI=1S/C10H13NOS/c1-6-3-8(6)9(12)4-10-11-7(2)5-13-10/h5-6,8H,3-4H2,1-2H3. The average Bonchev–Trinajstić information content (AvgIpc) is 2.66. The lowest BCUT2D eigenvalue weighted by molar-refractivity contribution is -0.119. The van der Waals surface area contributed by atoms with Crippen molar-refractivity contribution >= 4 is 17.1 Å². The van der Waals surface area contributed by atoms with Crippen molar-refractivity contribution in [1.29, 1.82) is 0 Å². The van der Waals surface area contributed by atoms with Crippen molar-refractivity contribution in [2.24, 2.45) is 11.8 Å². The van der Waals surface area contributed by atoms with Gasteiger partial charge in [-0.1, -0.05) is 6.92 Å². The molecule has 2 rings (SSSR count). The summed E-state index contributed by atoms with van der Waals surface area (Å²) in [6.07, 6.45) is 1.64. The van der Waals surface area contributed by atoms with Gasteiger partial charge in [-0.15, -0.1) is 11.3 Å². The highest BCUT2D eigenvalue weighted by atomic mass is 32.1. The monoisotopic (exact) mass is 195 g/mol. The molecule has 1 aromatic rings. The minimum Gasteiger partial charge on any atom is -0.299 e. The van der Waals surface area contributed by atoms with Crippen molar-refractivity contribution in [2.45, 2.75) is 26.7 Å². The second-order valence-electron chi connectivity index (χ2n) is 3.85. The number of carbonyl (C=O) groups is 1. The molecule has 1 heterocycles. The summed E-state index contributed by atoms with van der Waals surface area (Å²) < 4.78 is 0. The van der Waals surface area contributed by atoms with Gasteiger partial charge in [0.15, 0.2) is 0 Å². The number of hydrogen-bond donors (Lipinski definition) is 0. The van der Waals surface area contributed by atoms with Crippen LogP contribution in [0, 0.1) is 18.8 Å². The maximum atomic E-state index is 11.6. The van der Waals surface area contributed by atoms with E-state index in [0.29, 0.717) is 24.0 Å². The van der Waals surface area contributed by atoms with Gasteiger partial charge in [0.1, 0.15) is 10.8 Å². The Hall–Kier alpha value is -0.700. The first kappa shape index (κ1) is 8.88. The van der Waals surface area contributed by atoms with Crippen LogP contribution >= 0.6 is 11.3 Å². The van der Waals surface area contributed by atoms with E-state index in [2.05, 4.69) is 11.9 Å². The second-order valence-corrected chi connectivity index (χ2v) is 4.79. The number of aryl methyl sites for hydroxylation is 1. The quantitative estimate of drug-likeness (QED) is 0.740. The van der Waals surface area contributed by atoms with E-state index in [-0.39, 0.29) is 0 Å². The topological polar surface area (TPSA) is 30.0 Å². The maximum absolute atomic E-state index is 11.6. The van der Waals surface area contributed by atoms with E-state index in [9.17, 15) is 4.79 Å². The third-order valence-corrected chi connectivity index (χ3v) is 3.48. The van der Waals surface area contributed by atoms with Gasteiger partial charge in [0.2, 0.25) is 0 Å². The minimum atomic E-state index is 0.337. The molecule has 70 valence electrons. The summed E-state index contributed by atoms with van der Waals surface area (Å²) in [4.78, 5) is 15.8. The molecular weight excluding hydrogens is 182 g/mol. The Balaban J connectivity index is 1.95. The van der Waals surface area contributed by atoms with Crippen molar-refractivity contribution in [1.82, 2.24) is 4.98 Å². The van der Waals surface area contributed by atoms with Gasteiger partial charge < -0.3 is 0 Å².